The van der Waals surface area contributed by atoms with Crippen LogP contribution in [0.5, 0.6) is 0 Å². The maximum atomic E-state index is 13.7. The minimum atomic E-state index is -0.499. The Kier molecular flexibility index (Phi) is 5.06. The minimum absolute atomic E-state index is 0.0636. The standard InChI is InChI=1S/C17H18FNO2/c1-12-6-7-15(16(18)8-12)17(20)19-10-13-4-3-5-14(9-13)11-21-2/h3-9H,10-11H2,1-2H3,(H,19,20). The van der Waals surface area contributed by atoms with Crippen LogP contribution in [-0.4, -0.2) is 13.0 Å². The second kappa shape index (κ2) is 6.99. The lowest BCUT2D eigenvalue weighted by molar-refractivity contribution is 0.0947. The average molecular weight is 287 g/mol. The van der Waals surface area contributed by atoms with Crippen molar-refractivity contribution < 1.29 is 13.9 Å². The highest BCUT2D eigenvalue weighted by molar-refractivity contribution is 5.94. The summed E-state index contributed by atoms with van der Waals surface area (Å²) in [6.07, 6.45) is 0. The molecule has 0 heterocycles. The predicted molar refractivity (Wildman–Crippen MR) is 79.5 cm³/mol. The number of carbonyl (C=O) groups is 1. The van der Waals surface area contributed by atoms with E-state index >= 15 is 0 Å². The van der Waals surface area contributed by atoms with Gasteiger partial charge in [0.1, 0.15) is 5.82 Å². The molecule has 0 unspecified atom stereocenters. The van der Waals surface area contributed by atoms with Crippen LogP contribution in [-0.2, 0) is 17.9 Å². The fourth-order valence-corrected chi connectivity index (χ4v) is 2.08. The van der Waals surface area contributed by atoms with Crippen LogP contribution in [0.4, 0.5) is 4.39 Å². The predicted octanol–water partition coefficient (Wildman–Crippen LogP) is 3.21. The zero-order valence-electron chi connectivity index (χ0n) is 12.2. The van der Waals surface area contributed by atoms with Gasteiger partial charge in [-0.25, -0.2) is 4.39 Å². The van der Waals surface area contributed by atoms with Gasteiger partial charge < -0.3 is 10.1 Å². The van der Waals surface area contributed by atoms with E-state index in [0.717, 1.165) is 16.7 Å². The molecule has 0 aromatic heterocycles. The zero-order chi connectivity index (χ0) is 15.2. The van der Waals surface area contributed by atoms with Gasteiger partial charge in [0.25, 0.3) is 5.91 Å². The van der Waals surface area contributed by atoms with Gasteiger partial charge in [0.05, 0.1) is 12.2 Å². The smallest absolute Gasteiger partial charge is 0.254 e. The number of aryl methyl sites for hydroxylation is 1. The van der Waals surface area contributed by atoms with Gasteiger partial charge in [-0.2, -0.15) is 0 Å². The van der Waals surface area contributed by atoms with Gasteiger partial charge in [0.15, 0.2) is 0 Å². The molecule has 1 N–H and O–H groups in total. The van der Waals surface area contributed by atoms with Crippen molar-refractivity contribution in [1.29, 1.82) is 0 Å². The van der Waals surface area contributed by atoms with E-state index in [9.17, 15) is 9.18 Å². The fraction of sp³-hybridized carbons (Fsp3) is 0.235. The van der Waals surface area contributed by atoms with E-state index in [1.54, 1.807) is 20.1 Å². The maximum Gasteiger partial charge on any atom is 0.254 e. The molecule has 3 nitrogen and oxygen atoms in total. The molecule has 110 valence electrons. The van der Waals surface area contributed by atoms with Gasteiger partial charge in [-0.1, -0.05) is 30.3 Å². The van der Waals surface area contributed by atoms with E-state index in [2.05, 4.69) is 5.32 Å². The quantitative estimate of drug-likeness (QED) is 0.917. The lowest BCUT2D eigenvalue weighted by Gasteiger charge is -2.08. The molecule has 1 amide bonds. The monoisotopic (exact) mass is 287 g/mol. The third-order valence-electron chi connectivity index (χ3n) is 3.12. The minimum Gasteiger partial charge on any atom is -0.380 e. The van der Waals surface area contributed by atoms with Crippen LogP contribution in [0.15, 0.2) is 42.5 Å². The van der Waals surface area contributed by atoms with Crippen LogP contribution >= 0.6 is 0 Å². The largest absolute Gasteiger partial charge is 0.380 e. The van der Waals surface area contributed by atoms with Crippen LogP contribution in [0.2, 0.25) is 0 Å². The highest BCUT2D eigenvalue weighted by atomic mass is 19.1. The molecule has 0 aliphatic rings. The van der Waals surface area contributed by atoms with Gasteiger partial charge in [0, 0.05) is 13.7 Å². The molecule has 0 radical (unpaired) electrons. The number of hydrogen-bond acceptors (Lipinski definition) is 2. The Bertz CT molecular complexity index is 640. The molecule has 21 heavy (non-hydrogen) atoms. The number of rotatable bonds is 5. The van der Waals surface area contributed by atoms with Crippen LogP contribution in [0.3, 0.4) is 0 Å². The average Bonchev–Trinajstić information content (AvgIpc) is 2.45. The third kappa shape index (κ3) is 4.13. The topological polar surface area (TPSA) is 38.3 Å². The molecule has 0 aliphatic heterocycles. The van der Waals surface area contributed by atoms with Crippen molar-refractivity contribution in [3.63, 3.8) is 0 Å². The van der Waals surface area contributed by atoms with E-state index in [4.69, 9.17) is 4.74 Å². The molecule has 2 rings (SSSR count). The van der Waals surface area contributed by atoms with Crippen LogP contribution in [0.25, 0.3) is 0 Å². The van der Waals surface area contributed by atoms with Crippen molar-refractivity contribution in [3.8, 4) is 0 Å². The Morgan fingerprint density at radius 3 is 2.67 bits per heavy atom. The van der Waals surface area contributed by atoms with Crippen molar-refractivity contribution in [1.82, 2.24) is 5.32 Å². The number of nitrogens with one attached hydrogen (secondary N) is 1. The molecule has 0 atom stereocenters. The summed E-state index contributed by atoms with van der Waals surface area (Å²) in [5, 5.41) is 2.73. The van der Waals surface area contributed by atoms with Crippen molar-refractivity contribution in [2.24, 2.45) is 0 Å². The highest BCUT2D eigenvalue weighted by Crippen LogP contribution is 2.11. The van der Waals surface area contributed by atoms with E-state index in [-0.39, 0.29) is 5.56 Å². The first-order valence-electron chi connectivity index (χ1n) is 6.71. The summed E-state index contributed by atoms with van der Waals surface area (Å²) in [7, 11) is 1.63. The Hall–Kier alpha value is -2.20. The van der Waals surface area contributed by atoms with E-state index < -0.39 is 11.7 Å². The molecule has 2 aromatic carbocycles. The van der Waals surface area contributed by atoms with Crippen molar-refractivity contribution in [2.45, 2.75) is 20.1 Å². The molecular weight excluding hydrogens is 269 g/mol. The molecule has 0 aliphatic carbocycles. The summed E-state index contributed by atoms with van der Waals surface area (Å²) in [5.41, 5.74) is 2.83. The SMILES string of the molecule is COCc1cccc(CNC(=O)c2ccc(C)cc2F)c1. The second-order valence-electron chi connectivity index (χ2n) is 4.92. The normalized spacial score (nSPS) is 10.4. The highest BCUT2D eigenvalue weighted by Gasteiger charge is 2.11. The number of benzene rings is 2. The van der Waals surface area contributed by atoms with Gasteiger partial charge in [0.2, 0.25) is 0 Å². The number of hydrogen-bond donors (Lipinski definition) is 1. The van der Waals surface area contributed by atoms with Crippen molar-refractivity contribution in [3.05, 3.63) is 70.5 Å². The number of halogens is 1. The van der Waals surface area contributed by atoms with Crippen LogP contribution in [0, 0.1) is 12.7 Å². The lowest BCUT2D eigenvalue weighted by atomic mass is 10.1. The molecular formula is C17H18FNO2. The van der Waals surface area contributed by atoms with Crippen LogP contribution < -0.4 is 5.32 Å². The summed E-state index contributed by atoms with van der Waals surface area (Å²) in [6, 6.07) is 12.3. The van der Waals surface area contributed by atoms with Gasteiger partial charge in [-0.3, -0.25) is 4.79 Å². The molecule has 0 bridgehead atoms. The molecule has 0 saturated carbocycles. The summed E-state index contributed by atoms with van der Waals surface area (Å²) >= 11 is 0. The number of ether oxygens (including phenoxy) is 1. The Morgan fingerprint density at radius 2 is 1.95 bits per heavy atom. The second-order valence-corrected chi connectivity index (χ2v) is 4.92. The van der Waals surface area contributed by atoms with Crippen molar-refractivity contribution >= 4 is 5.91 Å². The summed E-state index contributed by atoms with van der Waals surface area (Å²) in [4.78, 5) is 12.0. The third-order valence-corrected chi connectivity index (χ3v) is 3.12. The first-order chi connectivity index (χ1) is 10.1. The summed E-state index contributed by atoms with van der Waals surface area (Å²) < 4.78 is 18.8. The number of carbonyl (C=O) groups excluding carboxylic acids is 1. The molecule has 0 spiro atoms. The van der Waals surface area contributed by atoms with E-state index in [0.29, 0.717) is 13.2 Å². The van der Waals surface area contributed by atoms with Crippen LogP contribution in [0.1, 0.15) is 27.0 Å². The first-order valence-corrected chi connectivity index (χ1v) is 6.71. The zero-order valence-corrected chi connectivity index (χ0v) is 12.2. The number of amides is 1. The summed E-state index contributed by atoms with van der Waals surface area (Å²) in [5.74, 6) is -0.912. The first kappa shape index (κ1) is 15.2. The molecule has 4 heteroatoms. The van der Waals surface area contributed by atoms with E-state index in [1.165, 1.54) is 12.1 Å². The molecule has 0 saturated heterocycles. The maximum absolute atomic E-state index is 13.7. The van der Waals surface area contributed by atoms with Crippen molar-refractivity contribution in [2.75, 3.05) is 7.11 Å². The van der Waals surface area contributed by atoms with E-state index in [1.807, 2.05) is 24.3 Å². The summed E-state index contributed by atoms with van der Waals surface area (Å²) in [6.45, 7) is 2.66. The van der Waals surface area contributed by atoms with Gasteiger partial charge >= 0.3 is 0 Å². The Balaban J connectivity index is 2.02. The molecule has 2 aromatic rings. The van der Waals surface area contributed by atoms with Gasteiger partial charge in [-0.05, 0) is 35.7 Å². The van der Waals surface area contributed by atoms with Gasteiger partial charge in [-0.15, -0.1) is 0 Å². The Morgan fingerprint density at radius 1 is 1.19 bits per heavy atom. The number of methoxy groups -OCH3 is 1. The fourth-order valence-electron chi connectivity index (χ4n) is 2.08. The Labute approximate surface area is 123 Å². The molecule has 0 fully saturated rings. The lowest BCUT2D eigenvalue weighted by Crippen LogP contribution is -2.23.